The number of likely N-dealkylation sites (N-methyl/N-ethyl adjacent to an activating group) is 1. The summed E-state index contributed by atoms with van der Waals surface area (Å²) in [7, 11) is 2.12. The van der Waals surface area contributed by atoms with Gasteiger partial charge in [0.25, 0.3) is 0 Å². The van der Waals surface area contributed by atoms with Crippen LogP contribution >= 0.6 is 0 Å². The molecule has 25 heavy (non-hydrogen) atoms. The molecule has 0 bridgehead atoms. The van der Waals surface area contributed by atoms with Gasteiger partial charge in [-0.05, 0) is 43.1 Å². The second-order valence-corrected chi connectivity index (χ2v) is 7.09. The molecule has 3 rings (SSSR count). The van der Waals surface area contributed by atoms with Gasteiger partial charge in [0.2, 0.25) is 0 Å². The van der Waals surface area contributed by atoms with E-state index in [0.717, 1.165) is 5.75 Å². The lowest BCUT2D eigenvalue weighted by Crippen LogP contribution is -2.40. The monoisotopic (exact) mass is 339 g/mol. The van der Waals surface area contributed by atoms with E-state index < -0.39 is 6.10 Å². The van der Waals surface area contributed by atoms with Crippen molar-refractivity contribution in [2.24, 2.45) is 0 Å². The van der Waals surface area contributed by atoms with Crippen molar-refractivity contribution in [2.75, 3.05) is 20.2 Å². The van der Waals surface area contributed by atoms with E-state index >= 15 is 0 Å². The molecule has 0 aromatic heterocycles. The van der Waals surface area contributed by atoms with Gasteiger partial charge in [-0.3, -0.25) is 0 Å². The first kappa shape index (κ1) is 18.0. The topological polar surface area (TPSA) is 32.7 Å². The zero-order valence-electron chi connectivity index (χ0n) is 15.1. The zero-order valence-corrected chi connectivity index (χ0v) is 15.1. The Bertz CT molecular complexity index is 620. The molecule has 2 aromatic rings. The maximum absolute atomic E-state index is 10.3. The van der Waals surface area contributed by atoms with E-state index in [9.17, 15) is 5.11 Å². The number of aliphatic hydroxyl groups excluding tert-OH is 1. The molecule has 3 nitrogen and oxygen atoms in total. The Morgan fingerprint density at radius 2 is 1.60 bits per heavy atom. The van der Waals surface area contributed by atoms with E-state index in [1.54, 1.807) is 0 Å². The van der Waals surface area contributed by atoms with Crippen LogP contribution in [-0.4, -0.2) is 42.4 Å². The standard InChI is InChI=1S/C22H29NO2/c1-23(20-10-6-3-7-11-20)16-21(24)17-25-22-14-12-19(13-15-22)18-8-4-2-5-9-18/h2,4-5,8-9,12-15,20-21,24H,3,6-7,10-11,16-17H2,1H3/t21-/m0/s1. The van der Waals surface area contributed by atoms with Crippen molar-refractivity contribution in [1.82, 2.24) is 4.90 Å². The molecule has 1 aliphatic rings. The molecular weight excluding hydrogens is 310 g/mol. The summed E-state index contributed by atoms with van der Waals surface area (Å²) in [5, 5.41) is 10.3. The van der Waals surface area contributed by atoms with Crippen molar-refractivity contribution in [3.63, 3.8) is 0 Å². The third-order valence-electron chi connectivity index (χ3n) is 5.10. The minimum atomic E-state index is -0.458. The lowest BCUT2D eigenvalue weighted by Gasteiger charge is -2.32. The highest BCUT2D eigenvalue weighted by molar-refractivity contribution is 5.63. The molecule has 0 aliphatic heterocycles. The Labute approximate surface area is 151 Å². The number of nitrogens with zero attached hydrogens (tertiary/aromatic N) is 1. The number of hydrogen-bond donors (Lipinski definition) is 1. The summed E-state index contributed by atoms with van der Waals surface area (Å²) < 4.78 is 5.77. The van der Waals surface area contributed by atoms with Crippen LogP contribution in [0.5, 0.6) is 5.75 Å². The second kappa shape index (κ2) is 9.02. The van der Waals surface area contributed by atoms with Crippen molar-refractivity contribution in [1.29, 1.82) is 0 Å². The van der Waals surface area contributed by atoms with Crippen molar-refractivity contribution in [2.45, 2.75) is 44.2 Å². The van der Waals surface area contributed by atoms with Gasteiger partial charge in [0, 0.05) is 12.6 Å². The second-order valence-electron chi connectivity index (χ2n) is 7.09. The fourth-order valence-corrected chi connectivity index (χ4v) is 3.62. The fourth-order valence-electron chi connectivity index (χ4n) is 3.62. The van der Waals surface area contributed by atoms with E-state index in [0.29, 0.717) is 19.2 Å². The zero-order chi connectivity index (χ0) is 17.5. The van der Waals surface area contributed by atoms with Crippen LogP contribution in [0, 0.1) is 0 Å². The number of ether oxygens (including phenoxy) is 1. The molecule has 3 heteroatoms. The van der Waals surface area contributed by atoms with E-state index in [-0.39, 0.29) is 0 Å². The SMILES string of the molecule is CN(C[C@H](O)COc1ccc(-c2ccccc2)cc1)C1CCCCC1. The summed E-state index contributed by atoms with van der Waals surface area (Å²) >= 11 is 0. The van der Waals surface area contributed by atoms with Crippen molar-refractivity contribution < 1.29 is 9.84 Å². The minimum absolute atomic E-state index is 0.335. The van der Waals surface area contributed by atoms with Gasteiger partial charge in [0.1, 0.15) is 18.5 Å². The van der Waals surface area contributed by atoms with Crippen molar-refractivity contribution in [3.05, 3.63) is 54.6 Å². The molecule has 1 saturated carbocycles. The third kappa shape index (κ3) is 5.32. The highest BCUT2D eigenvalue weighted by atomic mass is 16.5. The Hall–Kier alpha value is -1.84. The molecule has 0 spiro atoms. The fraction of sp³-hybridized carbons (Fsp3) is 0.455. The van der Waals surface area contributed by atoms with Crippen LogP contribution in [-0.2, 0) is 0 Å². The van der Waals surface area contributed by atoms with Crippen LogP contribution in [0.1, 0.15) is 32.1 Å². The summed E-state index contributed by atoms with van der Waals surface area (Å²) in [5.74, 6) is 0.805. The molecule has 0 amide bonds. The van der Waals surface area contributed by atoms with Gasteiger partial charge in [0.15, 0.2) is 0 Å². The maximum Gasteiger partial charge on any atom is 0.119 e. The van der Waals surface area contributed by atoms with Crippen molar-refractivity contribution in [3.8, 4) is 16.9 Å². The summed E-state index contributed by atoms with van der Waals surface area (Å²) in [6.45, 7) is 1.01. The summed E-state index contributed by atoms with van der Waals surface area (Å²) in [4.78, 5) is 2.30. The third-order valence-corrected chi connectivity index (χ3v) is 5.10. The van der Waals surface area contributed by atoms with Gasteiger partial charge < -0.3 is 14.7 Å². The predicted octanol–water partition coefficient (Wildman–Crippen LogP) is 4.36. The Balaban J connectivity index is 1.46. The summed E-state index contributed by atoms with van der Waals surface area (Å²) in [5.41, 5.74) is 2.37. The Kier molecular flexibility index (Phi) is 6.48. The first-order chi connectivity index (χ1) is 12.2. The molecule has 0 saturated heterocycles. The molecule has 0 unspecified atom stereocenters. The number of benzene rings is 2. The number of hydrogen-bond acceptors (Lipinski definition) is 3. The Morgan fingerprint density at radius 1 is 0.960 bits per heavy atom. The van der Waals surface area contributed by atoms with Gasteiger partial charge in [-0.25, -0.2) is 0 Å². The molecule has 0 heterocycles. The molecule has 134 valence electrons. The molecule has 1 atom stereocenters. The van der Waals surface area contributed by atoms with Crippen LogP contribution in [0.25, 0.3) is 11.1 Å². The van der Waals surface area contributed by atoms with Gasteiger partial charge in [-0.2, -0.15) is 0 Å². The molecule has 1 fully saturated rings. The quantitative estimate of drug-likeness (QED) is 0.813. The van der Waals surface area contributed by atoms with E-state index in [4.69, 9.17) is 4.74 Å². The van der Waals surface area contributed by atoms with Crippen LogP contribution in [0.3, 0.4) is 0 Å². The van der Waals surface area contributed by atoms with Gasteiger partial charge in [0.05, 0.1) is 0 Å². The number of rotatable bonds is 7. The summed E-state index contributed by atoms with van der Waals surface area (Å²) in [6.07, 6.45) is 6.04. The highest BCUT2D eigenvalue weighted by Gasteiger charge is 2.20. The molecule has 0 radical (unpaired) electrons. The average Bonchev–Trinajstić information content (AvgIpc) is 2.68. The average molecular weight is 339 g/mol. The maximum atomic E-state index is 10.3. The summed E-state index contributed by atoms with van der Waals surface area (Å²) in [6, 6.07) is 19.0. The Morgan fingerprint density at radius 3 is 2.28 bits per heavy atom. The largest absolute Gasteiger partial charge is 0.491 e. The first-order valence-corrected chi connectivity index (χ1v) is 9.39. The normalized spacial score (nSPS) is 16.8. The predicted molar refractivity (Wildman–Crippen MR) is 103 cm³/mol. The van der Waals surface area contributed by atoms with E-state index in [1.807, 2.05) is 30.3 Å². The van der Waals surface area contributed by atoms with Crippen LogP contribution in [0.15, 0.2) is 54.6 Å². The lowest BCUT2D eigenvalue weighted by atomic mass is 9.94. The molecule has 1 N–H and O–H groups in total. The van der Waals surface area contributed by atoms with E-state index in [1.165, 1.54) is 43.2 Å². The van der Waals surface area contributed by atoms with E-state index in [2.05, 4.69) is 36.2 Å². The van der Waals surface area contributed by atoms with Gasteiger partial charge >= 0.3 is 0 Å². The minimum Gasteiger partial charge on any atom is -0.491 e. The van der Waals surface area contributed by atoms with Gasteiger partial charge in [-0.15, -0.1) is 0 Å². The van der Waals surface area contributed by atoms with Crippen LogP contribution in [0.4, 0.5) is 0 Å². The number of aliphatic hydroxyl groups is 1. The first-order valence-electron chi connectivity index (χ1n) is 9.39. The van der Waals surface area contributed by atoms with Crippen molar-refractivity contribution >= 4 is 0 Å². The molecular formula is C22H29NO2. The van der Waals surface area contributed by atoms with Crippen LogP contribution < -0.4 is 4.74 Å². The molecule has 1 aliphatic carbocycles. The highest BCUT2D eigenvalue weighted by Crippen LogP contribution is 2.23. The molecule has 2 aromatic carbocycles. The van der Waals surface area contributed by atoms with Gasteiger partial charge in [-0.1, -0.05) is 61.7 Å². The van der Waals surface area contributed by atoms with Crippen LogP contribution in [0.2, 0.25) is 0 Å². The smallest absolute Gasteiger partial charge is 0.119 e. The lowest BCUT2D eigenvalue weighted by molar-refractivity contribution is 0.0561.